The van der Waals surface area contributed by atoms with Gasteiger partial charge in [-0.15, -0.1) is 0 Å². The number of nitrogens with two attached hydrogens (primary N) is 1. The van der Waals surface area contributed by atoms with E-state index in [0.717, 1.165) is 28.8 Å². The topological polar surface area (TPSA) is 71.7 Å². The maximum absolute atomic E-state index is 5.53. The van der Waals surface area contributed by atoms with Gasteiger partial charge in [0.25, 0.3) is 0 Å². The monoisotopic (exact) mass is 326 g/mol. The van der Waals surface area contributed by atoms with Crippen LogP contribution in [0.1, 0.15) is 25.7 Å². The van der Waals surface area contributed by atoms with Gasteiger partial charge in [-0.3, -0.25) is 5.43 Å². The summed E-state index contributed by atoms with van der Waals surface area (Å²) < 4.78 is 6.14. The van der Waals surface area contributed by atoms with Crippen molar-refractivity contribution >= 4 is 27.6 Å². The van der Waals surface area contributed by atoms with Crippen LogP contribution in [0.4, 0.5) is 5.69 Å². The third-order valence-electron chi connectivity index (χ3n) is 3.20. The van der Waals surface area contributed by atoms with Crippen LogP contribution >= 0.6 is 15.9 Å². The summed E-state index contributed by atoms with van der Waals surface area (Å²) in [5, 5.41) is 3.19. The maximum Gasteiger partial charge on any atom is 0.210 e. The van der Waals surface area contributed by atoms with Gasteiger partial charge in [0.15, 0.2) is 0 Å². The van der Waals surface area contributed by atoms with Crippen molar-refractivity contribution in [1.29, 1.82) is 0 Å². The van der Waals surface area contributed by atoms with E-state index < -0.39 is 0 Å². The normalized spacial score (nSPS) is 16.5. The first-order valence-electron chi connectivity index (χ1n) is 6.38. The molecule has 1 aromatic carbocycles. The Bertz CT molecular complexity index is 458. The Balaban J connectivity index is 2.13. The van der Waals surface area contributed by atoms with Gasteiger partial charge in [-0.2, -0.15) is 0 Å². The molecule has 0 spiro atoms. The van der Waals surface area contributed by atoms with E-state index in [1.807, 2.05) is 18.2 Å². The molecule has 1 fully saturated rings. The molecule has 0 amide bonds. The molecule has 1 aliphatic rings. The molecule has 104 valence electrons. The lowest BCUT2D eigenvalue weighted by Crippen LogP contribution is -2.37. The molecule has 0 heterocycles. The number of rotatable bonds is 3. The number of methoxy groups -OCH3 is 1. The number of anilines is 1. The molecule has 2 rings (SSSR count). The fraction of sp³-hybridized carbons (Fsp3) is 0.462. The van der Waals surface area contributed by atoms with Crippen LogP contribution in [0.5, 0.6) is 5.75 Å². The molecule has 0 unspecified atom stereocenters. The molecular weight excluding hydrogens is 308 g/mol. The molecule has 0 aliphatic heterocycles. The molecule has 0 radical (unpaired) electrons. The summed E-state index contributed by atoms with van der Waals surface area (Å²) in [6.07, 6.45) is 4.75. The van der Waals surface area contributed by atoms with Crippen molar-refractivity contribution in [3.05, 3.63) is 22.7 Å². The quantitative estimate of drug-likeness (QED) is 0.345. The summed E-state index contributed by atoms with van der Waals surface area (Å²) in [5.74, 6) is 6.89. The van der Waals surface area contributed by atoms with Crippen molar-refractivity contribution in [2.75, 3.05) is 12.4 Å². The van der Waals surface area contributed by atoms with Crippen LogP contribution in [0.2, 0.25) is 0 Å². The Labute approximate surface area is 121 Å². The molecule has 0 bridgehead atoms. The van der Waals surface area contributed by atoms with Gasteiger partial charge in [0.1, 0.15) is 5.75 Å². The first-order chi connectivity index (χ1) is 9.22. The molecule has 1 aliphatic carbocycles. The van der Waals surface area contributed by atoms with Crippen molar-refractivity contribution in [2.24, 2.45) is 10.8 Å². The van der Waals surface area contributed by atoms with Crippen molar-refractivity contribution in [1.82, 2.24) is 5.43 Å². The number of hydrazine groups is 1. The van der Waals surface area contributed by atoms with Gasteiger partial charge >= 0.3 is 0 Å². The van der Waals surface area contributed by atoms with Gasteiger partial charge < -0.3 is 10.1 Å². The molecule has 5 nitrogen and oxygen atoms in total. The zero-order valence-corrected chi connectivity index (χ0v) is 12.5. The zero-order chi connectivity index (χ0) is 13.7. The Kier molecular flexibility index (Phi) is 5.04. The highest BCUT2D eigenvalue weighted by atomic mass is 79.9. The molecule has 1 saturated carbocycles. The summed E-state index contributed by atoms with van der Waals surface area (Å²) in [6.45, 7) is 0. The smallest absolute Gasteiger partial charge is 0.210 e. The summed E-state index contributed by atoms with van der Waals surface area (Å²) in [6, 6.07) is 6.07. The number of hydrogen-bond donors (Lipinski definition) is 3. The second-order valence-electron chi connectivity index (χ2n) is 4.53. The van der Waals surface area contributed by atoms with Gasteiger partial charge in [0.05, 0.1) is 18.8 Å². The van der Waals surface area contributed by atoms with Crippen molar-refractivity contribution in [2.45, 2.75) is 31.7 Å². The van der Waals surface area contributed by atoms with E-state index in [1.54, 1.807) is 7.11 Å². The molecule has 19 heavy (non-hydrogen) atoms. The fourth-order valence-electron chi connectivity index (χ4n) is 2.18. The summed E-state index contributed by atoms with van der Waals surface area (Å²) in [5.41, 5.74) is 3.49. The lowest BCUT2D eigenvalue weighted by Gasteiger charge is -2.13. The predicted molar refractivity (Wildman–Crippen MR) is 81.3 cm³/mol. The third-order valence-corrected chi connectivity index (χ3v) is 3.89. The number of halogens is 1. The first-order valence-corrected chi connectivity index (χ1v) is 7.17. The molecule has 4 N–H and O–H groups in total. The summed E-state index contributed by atoms with van der Waals surface area (Å²) in [4.78, 5) is 4.59. The number of guanidine groups is 1. The van der Waals surface area contributed by atoms with Gasteiger partial charge in [-0.1, -0.05) is 12.8 Å². The molecule has 0 atom stereocenters. The number of nitrogens with zero attached hydrogens (tertiary/aromatic N) is 1. The maximum atomic E-state index is 5.53. The number of aliphatic imine (C=N–C) groups is 1. The van der Waals surface area contributed by atoms with Crippen molar-refractivity contribution in [3.8, 4) is 5.75 Å². The number of ether oxygens (including phenoxy) is 1. The molecular formula is C13H19BrN4O. The van der Waals surface area contributed by atoms with E-state index in [4.69, 9.17) is 10.6 Å². The van der Waals surface area contributed by atoms with E-state index in [1.165, 1.54) is 12.8 Å². The van der Waals surface area contributed by atoms with Crippen LogP contribution in [-0.4, -0.2) is 19.1 Å². The Morgan fingerprint density at radius 1 is 1.42 bits per heavy atom. The minimum atomic E-state index is 0.364. The molecule has 0 aromatic heterocycles. The highest BCUT2D eigenvalue weighted by Crippen LogP contribution is 2.27. The molecule has 1 aromatic rings. The summed E-state index contributed by atoms with van der Waals surface area (Å²) >= 11 is 3.49. The number of nitrogens with one attached hydrogen (secondary N) is 2. The van der Waals surface area contributed by atoms with Gasteiger partial charge in [-0.25, -0.2) is 10.8 Å². The van der Waals surface area contributed by atoms with Gasteiger partial charge in [-0.05, 0) is 40.9 Å². The zero-order valence-electron chi connectivity index (χ0n) is 10.9. The van der Waals surface area contributed by atoms with E-state index in [9.17, 15) is 0 Å². The standard InChI is InChI=1S/C13H19BrN4O/c1-19-10-6-7-11(14)12(8-10)17-13(18-15)16-9-4-2-3-5-9/h6-9H,2-5,15H2,1H3,(H2,16,17,18). The highest BCUT2D eigenvalue weighted by molar-refractivity contribution is 9.10. The van der Waals surface area contributed by atoms with Crippen molar-refractivity contribution < 1.29 is 4.74 Å². The average Bonchev–Trinajstić information content (AvgIpc) is 2.93. The minimum Gasteiger partial charge on any atom is -0.497 e. The van der Waals surface area contributed by atoms with E-state index in [2.05, 4.69) is 31.7 Å². The SMILES string of the molecule is COc1ccc(Br)c(NC(=NC2CCCC2)NN)c1. The fourth-order valence-corrected chi connectivity index (χ4v) is 2.52. The van der Waals surface area contributed by atoms with Crippen molar-refractivity contribution in [3.63, 3.8) is 0 Å². The van der Waals surface area contributed by atoms with Gasteiger partial charge in [0.2, 0.25) is 5.96 Å². The Morgan fingerprint density at radius 2 is 2.16 bits per heavy atom. The first kappa shape index (κ1) is 14.1. The lowest BCUT2D eigenvalue weighted by atomic mass is 10.3. The second kappa shape index (κ2) is 6.77. The minimum absolute atomic E-state index is 0.364. The Morgan fingerprint density at radius 3 is 2.79 bits per heavy atom. The number of benzene rings is 1. The van der Waals surface area contributed by atoms with Gasteiger partial charge in [0, 0.05) is 10.5 Å². The average molecular weight is 327 g/mol. The van der Waals surface area contributed by atoms with Crippen LogP contribution in [-0.2, 0) is 0 Å². The Hall–Kier alpha value is -1.27. The van der Waals surface area contributed by atoms with Crippen LogP contribution in [0.3, 0.4) is 0 Å². The van der Waals surface area contributed by atoms with E-state index in [-0.39, 0.29) is 0 Å². The predicted octanol–water partition coefficient (Wildman–Crippen LogP) is 2.63. The lowest BCUT2D eigenvalue weighted by molar-refractivity contribution is 0.415. The van der Waals surface area contributed by atoms with Crippen LogP contribution in [0, 0.1) is 0 Å². The third kappa shape index (κ3) is 3.84. The largest absolute Gasteiger partial charge is 0.497 e. The van der Waals surface area contributed by atoms with E-state index >= 15 is 0 Å². The number of hydrogen-bond acceptors (Lipinski definition) is 3. The molecule has 6 heteroatoms. The van der Waals surface area contributed by atoms with E-state index in [0.29, 0.717) is 12.0 Å². The summed E-state index contributed by atoms with van der Waals surface area (Å²) in [7, 11) is 1.64. The van der Waals surface area contributed by atoms with Crippen LogP contribution < -0.4 is 21.3 Å². The second-order valence-corrected chi connectivity index (χ2v) is 5.39. The molecule has 0 saturated heterocycles. The van der Waals surface area contributed by atoms with Crippen LogP contribution in [0.25, 0.3) is 0 Å². The highest BCUT2D eigenvalue weighted by Gasteiger charge is 2.15. The van der Waals surface area contributed by atoms with Crippen LogP contribution in [0.15, 0.2) is 27.7 Å².